The third-order valence-electron chi connectivity index (χ3n) is 2.90. The maximum Gasteiger partial charge on any atom is 0.140 e. The fraction of sp³-hybridized carbons (Fsp3) is 0.200. The Labute approximate surface area is 150 Å². The zero-order valence-electron chi connectivity index (χ0n) is 11.1. The summed E-state index contributed by atoms with van der Waals surface area (Å²) < 4.78 is 7.71. The second-order valence-corrected chi connectivity index (χ2v) is 7.23. The lowest BCUT2D eigenvalue weighted by atomic mass is 10.0. The number of rotatable bonds is 4. The van der Waals surface area contributed by atoms with Gasteiger partial charge in [0.05, 0.1) is 10.0 Å². The number of hydrogen-bond donors (Lipinski definition) is 1. The molecule has 2 nitrogen and oxygen atoms in total. The van der Waals surface area contributed by atoms with Crippen LogP contribution < -0.4 is 10.5 Å². The minimum atomic E-state index is -0.312. The molecule has 0 bridgehead atoms. The molecule has 0 amide bonds. The summed E-state index contributed by atoms with van der Waals surface area (Å²) in [4.78, 5) is 0. The van der Waals surface area contributed by atoms with Crippen LogP contribution in [0, 0.1) is 0 Å². The van der Waals surface area contributed by atoms with Gasteiger partial charge in [-0.3, -0.25) is 0 Å². The molecule has 2 aromatic carbocycles. The molecule has 0 aliphatic rings. The number of ether oxygens (including phenoxy) is 1. The second kappa shape index (κ2) is 7.34. The van der Waals surface area contributed by atoms with E-state index in [1.54, 1.807) is 12.1 Å². The first kappa shape index (κ1) is 17.1. The quantitative estimate of drug-likeness (QED) is 0.577. The Morgan fingerprint density at radius 3 is 2.24 bits per heavy atom. The molecule has 0 fully saturated rings. The highest BCUT2D eigenvalue weighted by Gasteiger charge is 2.20. The molecule has 0 saturated heterocycles. The van der Waals surface area contributed by atoms with E-state index in [1.807, 2.05) is 31.2 Å². The van der Waals surface area contributed by atoms with Crippen molar-refractivity contribution in [3.05, 3.63) is 61.0 Å². The molecule has 112 valence electrons. The van der Waals surface area contributed by atoms with Crippen molar-refractivity contribution in [2.75, 3.05) is 0 Å². The first-order valence-electron chi connectivity index (χ1n) is 6.20. The molecule has 2 N–H and O–H groups in total. The van der Waals surface area contributed by atoms with Crippen LogP contribution in [0.4, 0.5) is 0 Å². The van der Waals surface area contributed by atoms with E-state index >= 15 is 0 Å². The van der Waals surface area contributed by atoms with Crippen molar-refractivity contribution in [2.45, 2.75) is 19.1 Å². The molecule has 2 unspecified atom stereocenters. The minimum absolute atomic E-state index is 0.204. The van der Waals surface area contributed by atoms with Crippen LogP contribution in [0.3, 0.4) is 0 Å². The molecule has 2 atom stereocenters. The zero-order valence-corrected chi connectivity index (χ0v) is 15.8. The first-order valence-corrected chi connectivity index (χ1v) is 8.55. The normalized spacial score (nSPS) is 13.8. The van der Waals surface area contributed by atoms with Gasteiger partial charge in [-0.1, -0.05) is 51.3 Å². The monoisotopic (exact) mass is 451 g/mol. The molecule has 0 radical (unpaired) electrons. The molecule has 21 heavy (non-hydrogen) atoms. The molecule has 0 spiro atoms. The summed E-state index contributed by atoms with van der Waals surface area (Å²) in [6, 6.07) is 11.0. The van der Waals surface area contributed by atoms with E-state index in [9.17, 15) is 0 Å². The lowest BCUT2D eigenvalue weighted by molar-refractivity contribution is 0.180. The van der Waals surface area contributed by atoms with E-state index in [2.05, 4.69) is 31.9 Å². The van der Waals surface area contributed by atoms with Gasteiger partial charge in [-0.15, -0.1) is 0 Å². The van der Waals surface area contributed by atoms with Gasteiger partial charge in [0.1, 0.15) is 11.9 Å². The summed E-state index contributed by atoms with van der Waals surface area (Å²) in [5.41, 5.74) is 7.03. The van der Waals surface area contributed by atoms with E-state index < -0.39 is 0 Å². The molecule has 6 heteroatoms. The van der Waals surface area contributed by atoms with Crippen LogP contribution in [0.1, 0.15) is 18.6 Å². The number of nitrogens with two attached hydrogens (primary N) is 1. The van der Waals surface area contributed by atoms with Crippen LogP contribution in [0.2, 0.25) is 10.0 Å². The molecular weight excluding hydrogens is 441 g/mol. The number of halogens is 4. The van der Waals surface area contributed by atoms with E-state index in [-0.39, 0.29) is 12.1 Å². The Kier molecular flexibility index (Phi) is 5.97. The van der Waals surface area contributed by atoms with Gasteiger partial charge in [0.15, 0.2) is 0 Å². The highest BCUT2D eigenvalue weighted by Crippen LogP contribution is 2.37. The van der Waals surface area contributed by atoms with Gasteiger partial charge in [-0.2, -0.15) is 0 Å². The van der Waals surface area contributed by atoms with Crippen LogP contribution in [-0.2, 0) is 0 Å². The average molecular weight is 454 g/mol. The molecule has 0 saturated carbocycles. The van der Waals surface area contributed by atoms with Crippen molar-refractivity contribution in [2.24, 2.45) is 5.73 Å². The maximum absolute atomic E-state index is 6.20. The van der Waals surface area contributed by atoms with Gasteiger partial charge >= 0.3 is 0 Å². The smallest absolute Gasteiger partial charge is 0.140 e. The first-order chi connectivity index (χ1) is 9.88. The van der Waals surface area contributed by atoms with E-state index in [0.717, 1.165) is 14.5 Å². The van der Waals surface area contributed by atoms with Crippen LogP contribution in [0.25, 0.3) is 0 Å². The molecule has 0 aromatic heterocycles. The Morgan fingerprint density at radius 1 is 1.05 bits per heavy atom. The van der Waals surface area contributed by atoms with Crippen molar-refractivity contribution in [1.82, 2.24) is 0 Å². The van der Waals surface area contributed by atoms with Crippen LogP contribution in [0.5, 0.6) is 5.75 Å². The van der Waals surface area contributed by atoms with E-state index in [0.29, 0.717) is 15.8 Å². The predicted molar refractivity (Wildman–Crippen MR) is 95.3 cm³/mol. The fourth-order valence-corrected chi connectivity index (χ4v) is 2.96. The standard InChI is InChI=1S/C15H13Br2Cl2NO/c1-8(20)15(9-2-4-10(16)5-3-9)21-14-7-12(18)11(17)6-13(14)19/h2-8,15H,20H2,1H3. The molecule has 0 aliphatic heterocycles. The molecule has 0 heterocycles. The van der Waals surface area contributed by atoms with Crippen LogP contribution >= 0.6 is 55.1 Å². The summed E-state index contributed by atoms with van der Waals surface area (Å²) in [6.07, 6.45) is -0.312. The Hall–Kier alpha value is -0.260. The predicted octanol–water partition coefficient (Wildman–Crippen LogP) is 5.99. The molecular formula is C15H13Br2Cl2NO. The summed E-state index contributed by atoms with van der Waals surface area (Å²) in [6.45, 7) is 1.89. The summed E-state index contributed by atoms with van der Waals surface area (Å²) >= 11 is 19.0. The summed E-state index contributed by atoms with van der Waals surface area (Å²) in [5, 5.41) is 1.02. The highest BCUT2D eigenvalue weighted by atomic mass is 79.9. The van der Waals surface area contributed by atoms with Gasteiger partial charge < -0.3 is 10.5 Å². The molecule has 2 aromatic rings. The van der Waals surface area contributed by atoms with Crippen molar-refractivity contribution in [3.8, 4) is 5.75 Å². The van der Waals surface area contributed by atoms with Crippen molar-refractivity contribution in [1.29, 1.82) is 0 Å². The maximum atomic E-state index is 6.20. The topological polar surface area (TPSA) is 35.2 Å². The second-order valence-electron chi connectivity index (χ2n) is 4.65. The van der Waals surface area contributed by atoms with Crippen molar-refractivity contribution >= 4 is 55.1 Å². The van der Waals surface area contributed by atoms with E-state index in [4.69, 9.17) is 33.7 Å². The Bertz CT molecular complexity index is 632. The van der Waals surface area contributed by atoms with E-state index in [1.165, 1.54) is 0 Å². The summed E-state index contributed by atoms with van der Waals surface area (Å²) in [7, 11) is 0. The van der Waals surface area contributed by atoms with Gasteiger partial charge in [0.25, 0.3) is 0 Å². The lowest BCUT2D eigenvalue weighted by Gasteiger charge is -2.24. The number of benzene rings is 2. The minimum Gasteiger partial charge on any atom is -0.482 e. The van der Waals surface area contributed by atoms with Crippen molar-refractivity contribution < 1.29 is 4.74 Å². The number of hydrogen-bond acceptors (Lipinski definition) is 2. The molecule has 2 rings (SSSR count). The van der Waals surface area contributed by atoms with Gasteiger partial charge in [-0.25, -0.2) is 0 Å². The van der Waals surface area contributed by atoms with Crippen LogP contribution in [0.15, 0.2) is 45.3 Å². The SMILES string of the molecule is CC(N)C(Oc1cc(Cl)c(Br)cc1Cl)c1ccc(Br)cc1. The zero-order chi connectivity index (χ0) is 15.6. The van der Waals surface area contributed by atoms with Gasteiger partial charge in [0, 0.05) is 21.1 Å². The van der Waals surface area contributed by atoms with Crippen molar-refractivity contribution in [3.63, 3.8) is 0 Å². The lowest BCUT2D eigenvalue weighted by Crippen LogP contribution is -2.29. The van der Waals surface area contributed by atoms with Gasteiger partial charge in [-0.05, 0) is 46.6 Å². The van der Waals surface area contributed by atoms with Gasteiger partial charge in [0.2, 0.25) is 0 Å². The largest absolute Gasteiger partial charge is 0.482 e. The Morgan fingerprint density at radius 2 is 1.67 bits per heavy atom. The molecule has 0 aliphatic carbocycles. The fourth-order valence-electron chi connectivity index (χ4n) is 1.86. The Balaban J connectivity index is 2.33. The van der Waals surface area contributed by atoms with Crippen LogP contribution in [-0.4, -0.2) is 6.04 Å². The highest BCUT2D eigenvalue weighted by molar-refractivity contribution is 9.10. The summed E-state index contributed by atoms with van der Waals surface area (Å²) in [5.74, 6) is 0.509. The third-order valence-corrected chi connectivity index (χ3v) is 4.93. The average Bonchev–Trinajstić information content (AvgIpc) is 2.42. The third kappa shape index (κ3) is 4.36.